The molecule has 0 unspecified atom stereocenters. The number of β-amino-alcohol motifs (C(OH)–C–C–N with tert-alkyl or cyclic N) is 1. The minimum Gasteiger partial charge on any atom is -0.387 e. The molecular weight excluding hydrogens is 355 g/mol. The van der Waals surface area contributed by atoms with E-state index in [1.54, 1.807) is 35.2 Å². The Morgan fingerprint density at radius 3 is 2.62 bits per heavy atom. The molecule has 1 fully saturated rings. The zero-order valence-corrected chi connectivity index (χ0v) is 15.6. The Morgan fingerprint density at radius 1 is 1.27 bits per heavy atom. The summed E-state index contributed by atoms with van der Waals surface area (Å²) in [5.74, 6) is -0.487. The maximum Gasteiger partial charge on any atom is 0.253 e. The molecule has 0 bridgehead atoms. The standard InChI is InChI=1S/C20H22ClFN2O2/c1-23(2)12-20(26)9-10-24(13-20)19(25)15-5-3-14(4-6-15)17-11-16(21)7-8-18(17)22/h3-8,11,26H,9-10,12-13H2,1-2H3/t20-/m1/s1. The van der Waals surface area contributed by atoms with E-state index in [9.17, 15) is 14.3 Å². The van der Waals surface area contributed by atoms with E-state index in [1.165, 1.54) is 12.1 Å². The van der Waals surface area contributed by atoms with Gasteiger partial charge in [-0.25, -0.2) is 4.39 Å². The third-order valence-corrected chi connectivity index (χ3v) is 4.84. The molecule has 0 aliphatic carbocycles. The first-order chi connectivity index (χ1) is 12.3. The molecule has 6 heteroatoms. The van der Waals surface area contributed by atoms with Gasteiger partial charge in [0.25, 0.3) is 5.91 Å². The summed E-state index contributed by atoms with van der Waals surface area (Å²) in [6, 6.07) is 11.2. The number of carbonyl (C=O) groups excluding carboxylic acids is 1. The third-order valence-electron chi connectivity index (χ3n) is 4.60. The molecule has 26 heavy (non-hydrogen) atoms. The van der Waals surface area contributed by atoms with E-state index < -0.39 is 5.60 Å². The average molecular weight is 377 g/mol. The van der Waals surface area contributed by atoms with Crippen LogP contribution in [0.5, 0.6) is 0 Å². The number of halogens is 2. The van der Waals surface area contributed by atoms with E-state index in [4.69, 9.17) is 11.6 Å². The van der Waals surface area contributed by atoms with Crippen molar-refractivity contribution in [2.24, 2.45) is 0 Å². The van der Waals surface area contributed by atoms with Crippen LogP contribution in [0.15, 0.2) is 42.5 Å². The van der Waals surface area contributed by atoms with E-state index in [1.807, 2.05) is 19.0 Å². The van der Waals surface area contributed by atoms with Crippen LogP contribution in [0.1, 0.15) is 16.8 Å². The van der Waals surface area contributed by atoms with Gasteiger partial charge in [-0.3, -0.25) is 4.79 Å². The van der Waals surface area contributed by atoms with Crippen LogP contribution < -0.4 is 0 Å². The number of amides is 1. The number of hydrogen-bond acceptors (Lipinski definition) is 3. The number of likely N-dealkylation sites (N-methyl/N-ethyl adjacent to an activating group) is 1. The molecule has 1 heterocycles. The summed E-state index contributed by atoms with van der Waals surface area (Å²) < 4.78 is 14.0. The van der Waals surface area contributed by atoms with Crippen molar-refractivity contribution in [1.82, 2.24) is 9.80 Å². The van der Waals surface area contributed by atoms with Gasteiger partial charge in [0, 0.05) is 29.2 Å². The zero-order valence-electron chi connectivity index (χ0n) is 14.9. The monoisotopic (exact) mass is 376 g/mol. The van der Waals surface area contributed by atoms with Gasteiger partial charge in [-0.2, -0.15) is 0 Å². The summed E-state index contributed by atoms with van der Waals surface area (Å²) >= 11 is 5.94. The molecule has 0 saturated carbocycles. The van der Waals surface area contributed by atoms with Crippen LogP contribution in [0, 0.1) is 5.82 Å². The SMILES string of the molecule is CN(C)C[C@]1(O)CCN(C(=O)c2ccc(-c3cc(Cl)ccc3F)cc2)C1. The molecule has 0 radical (unpaired) electrons. The molecule has 4 nitrogen and oxygen atoms in total. The van der Waals surface area contributed by atoms with Crippen molar-refractivity contribution in [2.75, 3.05) is 33.7 Å². The summed E-state index contributed by atoms with van der Waals surface area (Å²) in [4.78, 5) is 16.3. The minimum absolute atomic E-state index is 0.127. The molecule has 2 aromatic carbocycles. The van der Waals surface area contributed by atoms with E-state index in [-0.39, 0.29) is 11.7 Å². The number of carbonyl (C=O) groups is 1. The van der Waals surface area contributed by atoms with Gasteiger partial charge >= 0.3 is 0 Å². The Morgan fingerprint density at radius 2 is 1.96 bits per heavy atom. The number of rotatable bonds is 4. The fourth-order valence-electron chi connectivity index (χ4n) is 3.44. The summed E-state index contributed by atoms with van der Waals surface area (Å²) in [5.41, 5.74) is 0.707. The van der Waals surface area contributed by atoms with Gasteiger partial charge in [-0.1, -0.05) is 23.7 Å². The van der Waals surface area contributed by atoms with Crippen molar-refractivity contribution < 1.29 is 14.3 Å². The molecule has 1 amide bonds. The second-order valence-electron chi connectivity index (χ2n) is 7.14. The normalized spacial score (nSPS) is 20.0. The molecule has 1 N–H and O–H groups in total. The third kappa shape index (κ3) is 4.06. The number of hydrogen-bond donors (Lipinski definition) is 1. The lowest BCUT2D eigenvalue weighted by Crippen LogP contribution is -2.43. The van der Waals surface area contributed by atoms with E-state index >= 15 is 0 Å². The smallest absolute Gasteiger partial charge is 0.253 e. The van der Waals surface area contributed by atoms with Gasteiger partial charge in [0.1, 0.15) is 5.82 Å². The molecule has 0 spiro atoms. The number of aliphatic hydroxyl groups is 1. The highest BCUT2D eigenvalue weighted by molar-refractivity contribution is 6.30. The molecule has 1 aliphatic rings. The fraction of sp³-hybridized carbons (Fsp3) is 0.350. The Bertz CT molecular complexity index is 810. The molecule has 3 rings (SSSR count). The molecule has 0 aromatic heterocycles. The zero-order chi connectivity index (χ0) is 18.9. The first-order valence-electron chi connectivity index (χ1n) is 8.49. The Balaban J connectivity index is 1.75. The van der Waals surface area contributed by atoms with Crippen molar-refractivity contribution in [3.05, 3.63) is 58.9 Å². The van der Waals surface area contributed by atoms with Crippen molar-refractivity contribution in [3.63, 3.8) is 0 Å². The number of likely N-dealkylation sites (tertiary alicyclic amines) is 1. The predicted octanol–water partition coefficient (Wildman–Crippen LogP) is 3.28. The first kappa shape index (κ1) is 18.8. The van der Waals surface area contributed by atoms with Gasteiger partial charge in [-0.05, 0) is 56.4 Å². The van der Waals surface area contributed by atoms with Gasteiger partial charge in [0.15, 0.2) is 0 Å². The van der Waals surface area contributed by atoms with Crippen molar-refractivity contribution in [2.45, 2.75) is 12.0 Å². The molecule has 1 aliphatic heterocycles. The van der Waals surface area contributed by atoms with Crippen LogP contribution in [-0.4, -0.2) is 60.1 Å². The molecule has 1 saturated heterocycles. The fourth-order valence-corrected chi connectivity index (χ4v) is 3.61. The van der Waals surface area contributed by atoms with Gasteiger partial charge in [-0.15, -0.1) is 0 Å². The minimum atomic E-state index is -0.872. The van der Waals surface area contributed by atoms with Crippen LogP contribution in [0.25, 0.3) is 11.1 Å². The summed E-state index contributed by atoms with van der Waals surface area (Å²) in [6.07, 6.45) is 0.558. The average Bonchev–Trinajstić information content (AvgIpc) is 2.97. The second-order valence-corrected chi connectivity index (χ2v) is 7.58. The lowest BCUT2D eigenvalue weighted by atomic mass is 10.0. The van der Waals surface area contributed by atoms with Crippen LogP contribution in [-0.2, 0) is 0 Å². The number of nitrogens with zero attached hydrogens (tertiary/aromatic N) is 2. The highest BCUT2D eigenvalue weighted by atomic mass is 35.5. The highest BCUT2D eigenvalue weighted by Gasteiger charge is 2.38. The van der Waals surface area contributed by atoms with E-state index in [0.29, 0.717) is 47.8 Å². The lowest BCUT2D eigenvalue weighted by Gasteiger charge is -2.26. The van der Waals surface area contributed by atoms with Crippen molar-refractivity contribution in [3.8, 4) is 11.1 Å². The first-order valence-corrected chi connectivity index (χ1v) is 8.87. The van der Waals surface area contributed by atoms with Crippen LogP contribution in [0.4, 0.5) is 4.39 Å². The lowest BCUT2D eigenvalue weighted by molar-refractivity contribution is 0.0236. The Kier molecular flexibility index (Phi) is 5.32. The van der Waals surface area contributed by atoms with Crippen molar-refractivity contribution >= 4 is 17.5 Å². The molecule has 1 atom stereocenters. The second kappa shape index (κ2) is 7.35. The summed E-state index contributed by atoms with van der Waals surface area (Å²) in [7, 11) is 3.80. The summed E-state index contributed by atoms with van der Waals surface area (Å²) in [5, 5.41) is 11.0. The van der Waals surface area contributed by atoms with Gasteiger partial charge in [0.2, 0.25) is 0 Å². The van der Waals surface area contributed by atoms with E-state index in [0.717, 1.165) is 0 Å². The van der Waals surface area contributed by atoms with E-state index in [2.05, 4.69) is 0 Å². The van der Waals surface area contributed by atoms with Crippen LogP contribution in [0.2, 0.25) is 5.02 Å². The highest BCUT2D eigenvalue weighted by Crippen LogP contribution is 2.28. The predicted molar refractivity (Wildman–Crippen MR) is 101 cm³/mol. The molecule has 138 valence electrons. The van der Waals surface area contributed by atoms with Crippen LogP contribution >= 0.6 is 11.6 Å². The number of benzene rings is 2. The Labute approximate surface area is 157 Å². The maximum atomic E-state index is 14.0. The summed E-state index contributed by atoms with van der Waals surface area (Å²) in [6.45, 7) is 1.35. The maximum absolute atomic E-state index is 14.0. The van der Waals surface area contributed by atoms with Crippen molar-refractivity contribution in [1.29, 1.82) is 0 Å². The largest absolute Gasteiger partial charge is 0.387 e. The topological polar surface area (TPSA) is 43.8 Å². The van der Waals surface area contributed by atoms with Gasteiger partial charge < -0.3 is 14.9 Å². The Hall–Kier alpha value is -1.95. The van der Waals surface area contributed by atoms with Gasteiger partial charge in [0.05, 0.1) is 12.1 Å². The molecular formula is C20H22ClFN2O2. The van der Waals surface area contributed by atoms with Crippen LogP contribution in [0.3, 0.4) is 0 Å². The quantitative estimate of drug-likeness (QED) is 0.890. The molecule has 2 aromatic rings.